The number of aliphatic imine (C=N–C) groups is 1. The number of hydrogen-bond acceptors (Lipinski definition) is 7. The van der Waals surface area contributed by atoms with Gasteiger partial charge in [-0.2, -0.15) is 4.31 Å². The maximum Gasteiger partial charge on any atom is 0.249 e. The third kappa shape index (κ3) is 9.17. The molecule has 0 bridgehead atoms. The van der Waals surface area contributed by atoms with Crippen LogP contribution in [0, 0.1) is 12.8 Å². The van der Waals surface area contributed by atoms with Crippen LogP contribution in [0.3, 0.4) is 0 Å². The van der Waals surface area contributed by atoms with Gasteiger partial charge in [-0.25, -0.2) is 13.4 Å². The molecule has 2 aromatic carbocycles. The zero-order chi connectivity index (χ0) is 31.6. The molecular formula is C31H45N5O6S. The lowest BCUT2D eigenvalue weighted by atomic mass is 9.84. The first-order valence-corrected chi connectivity index (χ1v) is 16.2. The second-order valence-corrected chi connectivity index (χ2v) is 12.7. The zero-order valence-corrected chi connectivity index (χ0v) is 26.6. The van der Waals surface area contributed by atoms with Crippen LogP contribution < -0.4 is 25.8 Å². The van der Waals surface area contributed by atoms with Crippen molar-refractivity contribution in [2.45, 2.75) is 76.7 Å². The number of carbonyl (C=O) groups is 2. The molecule has 43 heavy (non-hydrogen) atoms. The summed E-state index contributed by atoms with van der Waals surface area (Å²) in [5, 5.41) is 5.48. The van der Waals surface area contributed by atoms with Crippen molar-refractivity contribution in [3.63, 3.8) is 0 Å². The highest BCUT2D eigenvalue weighted by molar-refractivity contribution is 7.89. The number of ether oxygens (including phenoxy) is 2. The summed E-state index contributed by atoms with van der Waals surface area (Å²) >= 11 is 0. The topological polar surface area (TPSA) is 152 Å². The van der Waals surface area contributed by atoms with Crippen LogP contribution in [0.1, 0.15) is 63.5 Å². The van der Waals surface area contributed by atoms with Gasteiger partial charge in [0.2, 0.25) is 21.8 Å². The molecule has 0 heterocycles. The Morgan fingerprint density at radius 3 is 2.33 bits per heavy atom. The second-order valence-electron chi connectivity index (χ2n) is 10.7. The lowest BCUT2D eigenvalue weighted by molar-refractivity contribution is -0.119. The molecule has 11 nitrogen and oxygen atoms in total. The minimum atomic E-state index is -3.71. The summed E-state index contributed by atoms with van der Waals surface area (Å²) < 4.78 is 38.1. The fourth-order valence-corrected chi connectivity index (χ4v) is 6.83. The van der Waals surface area contributed by atoms with Crippen LogP contribution in [0.4, 0.5) is 5.69 Å². The quantitative estimate of drug-likeness (QED) is 0.228. The molecule has 0 unspecified atom stereocenters. The molecule has 2 aromatic rings. The van der Waals surface area contributed by atoms with E-state index in [4.69, 9.17) is 15.2 Å². The van der Waals surface area contributed by atoms with E-state index in [9.17, 15) is 18.0 Å². The van der Waals surface area contributed by atoms with Gasteiger partial charge in [-0.3, -0.25) is 14.9 Å². The average molecular weight is 616 g/mol. The van der Waals surface area contributed by atoms with E-state index in [1.54, 1.807) is 51.1 Å². The minimum absolute atomic E-state index is 0.0169. The fourth-order valence-electron chi connectivity index (χ4n) is 5.35. The molecule has 1 atom stereocenters. The molecule has 1 aliphatic rings. The van der Waals surface area contributed by atoms with Gasteiger partial charge in [0.1, 0.15) is 6.04 Å². The number of nitrogens with two attached hydrogens (primary N) is 1. The molecule has 12 heteroatoms. The van der Waals surface area contributed by atoms with Crippen molar-refractivity contribution in [1.29, 1.82) is 0 Å². The Hall–Kier alpha value is -3.64. The van der Waals surface area contributed by atoms with Crippen LogP contribution in [0.15, 0.2) is 46.3 Å². The number of rotatable bonds is 13. The van der Waals surface area contributed by atoms with Crippen molar-refractivity contribution >= 4 is 33.5 Å². The molecule has 1 saturated carbocycles. The van der Waals surface area contributed by atoms with Gasteiger partial charge < -0.3 is 20.5 Å². The Morgan fingerprint density at radius 1 is 1.02 bits per heavy atom. The van der Waals surface area contributed by atoms with Crippen LogP contribution in [0.2, 0.25) is 0 Å². The number of nitrogens with one attached hydrogen (secondary N) is 2. The van der Waals surface area contributed by atoms with Gasteiger partial charge in [0.15, 0.2) is 17.5 Å². The number of benzene rings is 2. The van der Waals surface area contributed by atoms with Crippen molar-refractivity contribution in [3.05, 3.63) is 47.5 Å². The molecule has 0 aliphatic heterocycles. The number of hydrogen-bond donors (Lipinski definition) is 3. The molecule has 1 fully saturated rings. The molecule has 1 aliphatic carbocycles. The fraction of sp³-hybridized carbons (Fsp3) is 0.516. The molecule has 4 N–H and O–H groups in total. The molecule has 0 saturated heterocycles. The van der Waals surface area contributed by atoms with Crippen molar-refractivity contribution in [2.75, 3.05) is 32.6 Å². The van der Waals surface area contributed by atoms with Gasteiger partial charge in [0.25, 0.3) is 0 Å². The number of aryl methyl sites for hydroxylation is 1. The summed E-state index contributed by atoms with van der Waals surface area (Å²) in [5.74, 6) is 0.382. The van der Waals surface area contributed by atoms with Gasteiger partial charge in [0.05, 0.1) is 25.5 Å². The Labute approximate surface area is 255 Å². The molecule has 3 rings (SSSR count). The maximum atomic E-state index is 13.6. The molecule has 0 radical (unpaired) electrons. The lowest BCUT2D eigenvalue weighted by Gasteiger charge is -2.25. The van der Waals surface area contributed by atoms with Crippen LogP contribution in [0.5, 0.6) is 11.5 Å². The third-order valence-corrected chi connectivity index (χ3v) is 9.82. The first kappa shape index (κ1) is 33.9. The number of sulfonamides is 1. The zero-order valence-electron chi connectivity index (χ0n) is 25.8. The van der Waals surface area contributed by atoms with Gasteiger partial charge in [-0.1, -0.05) is 58.1 Å². The smallest absolute Gasteiger partial charge is 0.249 e. The van der Waals surface area contributed by atoms with Gasteiger partial charge in [0, 0.05) is 18.8 Å². The van der Waals surface area contributed by atoms with Crippen LogP contribution in [-0.4, -0.2) is 63.8 Å². The summed E-state index contributed by atoms with van der Waals surface area (Å²) in [7, 11) is -0.659. The summed E-state index contributed by atoms with van der Waals surface area (Å²) in [5.41, 5.74) is 7.94. The highest BCUT2D eigenvalue weighted by Crippen LogP contribution is 2.30. The number of methoxy groups -OCH3 is 2. The standard InChI is InChI=1S/C31H45N5O6S/c1-6-36(7-2)43(39,40)24-15-13-21(3)25(20-24)33-30(38)26(17-22-11-9-8-10-12-22)34-31(32)35-29(37)19-23-14-16-27(41-4)28(18-23)42-5/h13-16,18,20,22,26H,6-12,17,19H2,1-5H3,(H,33,38)(H3,32,34,35,37)/t26-/m1/s1. The van der Waals surface area contributed by atoms with E-state index in [1.807, 2.05) is 0 Å². The summed E-state index contributed by atoms with van der Waals surface area (Å²) in [4.78, 5) is 30.9. The molecule has 2 amide bonds. The van der Waals surface area contributed by atoms with Crippen molar-refractivity contribution < 1.29 is 27.5 Å². The van der Waals surface area contributed by atoms with Crippen LogP contribution in [0.25, 0.3) is 0 Å². The SMILES string of the molecule is CCN(CC)S(=O)(=O)c1ccc(C)c(NC(=O)[C@@H](CC2CCCCC2)N=C(N)NC(=O)Cc2ccc(OC)c(OC)c2)c1. The summed E-state index contributed by atoms with van der Waals surface area (Å²) in [6, 6.07) is 9.01. The van der Waals surface area contributed by atoms with E-state index < -0.39 is 27.9 Å². The largest absolute Gasteiger partial charge is 0.493 e. The Bertz CT molecular complexity index is 1400. The van der Waals surface area contributed by atoms with Gasteiger partial charge in [-0.15, -0.1) is 0 Å². The average Bonchev–Trinajstić information content (AvgIpc) is 2.98. The normalized spacial score (nSPS) is 15.2. The molecule has 0 aromatic heterocycles. The van der Waals surface area contributed by atoms with Gasteiger partial charge in [-0.05, 0) is 54.7 Å². The number of amides is 2. The van der Waals surface area contributed by atoms with Crippen molar-refractivity contribution in [1.82, 2.24) is 9.62 Å². The lowest BCUT2D eigenvalue weighted by Crippen LogP contribution is -2.40. The van der Waals surface area contributed by atoms with E-state index in [0.717, 1.165) is 32.1 Å². The van der Waals surface area contributed by atoms with Crippen molar-refractivity contribution in [2.24, 2.45) is 16.6 Å². The molecular weight excluding hydrogens is 570 g/mol. The highest BCUT2D eigenvalue weighted by Gasteiger charge is 2.27. The molecule has 236 valence electrons. The van der Waals surface area contributed by atoms with Crippen LogP contribution in [-0.2, 0) is 26.0 Å². The first-order valence-electron chi connectivity index (χ1n) is 14.8. The predicted octanol–water partition coefficient (Wildman–Crippen LogP) is 3.99. The molecule has 0 spiro atoms. The Balaban J connectivity index is 1.80. The Morgan fingerprint density at radius 2 is 1.70 bits per heavy atom. The van der Waals surface area contributed by atoms with E-state index >= 15 is 0 Å². The third-order valence-electron chi connectivity index (χ3n) is 7.77. The number of anilines is 1. The predicted molar refractivity (Wildman–Crippen MR) is 168 cm³/mol. The van der Waals surface area contributed by atoms with Gasteiger partial charge >= 0.3 is 0 Å². The monoisotopic (exact) mass is 615 g/mol. The summed E-state index contributed by atoms with van der Waals surface area (Å²) in [6.45, 7) is 6.03. The highest BCUT2D eigenvalue weighted by atomic mass is 32.2. The maximum absolute atomic E-state index is 13.6. The minimum Gasteiger partial charge on any atom is -0.493 e. The van der Waals surface area contributed by atoms with E-state index in [0.29, 0.717) is 53.7 Å². The first-order chi connectivity index (χ1) is 20.5. The summed E-state index contributed by atoms with van der Waals surface area (Å²) in [6.07, 6.45) is 5.80. The Kier molecular flexibility index (Phi) is 12.4. The number of guanidine groups is 1. The number of nitrogens with zero attached hydrogens (tertiary/aromatic N) is 2. The van der Waals surface area contributed by atoms with E-state index in [2.05, 4.69) is 15.6 Å². The van der Waals surface area contributed by atoms with E-state index in [-0.39, 0.29) is 17.3 Å². The van der Waals surface area contributed by atoms with Crippen molar-refractivity contribution in [3.8, 4) is 11.5 Å². The van der Waals surface area contributed by atoms with Crippen LogP contribution >= 0.6 is 0 Å². The second kappa shape index (κ2) is 15.7. The number of carbonyl (C=O) groups excluding carboxylic acids is 2. The van der Waals surface area contributed by atoms with E-state index in [1.165, 1.54) is 24.6 Å².